The van der Waals surface area contributed by atoms with Crippen molar-refractivity contribution in [3.05, 3.63) is 93.5 Å². The van der Waals surface area contributed by atoms with Crippen LogP contribution in [0.5, 0.6) is 0 Å². The highest BCUT2D eigenvalue weighted by atomic mass is 35.5. The Morgan fingerprint density at radius 3 is 2.48 bits per heavy atom. The minimum atomic E-state index is 0.0337. The van der Waals surface area contributed by atoms with Gasteiger partial charge in [-0.15, -0.1) is 0 Å². The van der Waals surface area contributed by atoms with Gasteiger partial charge in [-0.25, -0.2) is 4.98 Å². The molecule has 0 radical (unpaired) electrons. The van der Waals surface area contributed by atoms with Crippen LogP contribution in [0.3, 0.4) is 0 Å². The van der Waals surface area contributed by atoms with E-state index >= 15 is 0 Å². The first-order valence-electron chi connectivity index (χ1n) is 13.7. The molecule has 6 rings (SSSR count). The van der Waals surface area contributed by atoms with Gasteiger partial charge in [0.2, 0.25) is 0 Å². The van der Waals surface area contributed by atoms with Crippen LogP contribution < -0.4 is 5.32 Å². The molecule has 0 aliphatic carbocycles. The van der Waals surface area contributed by atoms with Crippen LogP contribution in [0.2, 0.25) is 10.0 Å². The number of hydrogen-bond acceptors (Lipinski definition) is 5. The monoisotopic (exact) mass is 569 g/mol. The zero-order valence-corrected chi connectivity index (χ0v) is 23.5. The van der Waals surface area contributed by atoms with Crippen LogP contribution in [0.15, 0.2) is 66.7 Å². The summed E-state index contributed by atoms with van der Waals surface area (Å²) in [5, 5.41) is 14.5. The standard InChI is InChI=1S/C32H29Cl2N5O/c33-25-11-9-24(28(34)17-25)20-36-30-18-27(32(40)39-15-3-4-31(39)38-13-1-2-14-38)26-16-23(10-12-29(26)37-30)22-7-5-21(19-35)6-8-22/h5-12,16-18,31H,1-4,13-15,20H2,(H,36,37). The van der Waals surface area contributed by atoms with Gasteiger partial charge in [0.25, 0.3) is 5.91 Å². The molecule has 40 heavy (non-hydrogen) atoms. The summed E-state index contributed by atoms with van der Waals surface area (Å²) in [5.41, 5.74) is 4.83. The fourth-order valence-electron chi connectivity index (χ4n) is 5.82. The van der Waals surface area contributed by atoms with Crippen molar-refractivity contribution in [1.29, 1.82) is 5.26 Å². The smallest absolute Gasteiger partial charge is 0.255 e. The van der Waals surface area contributed by atoms with Crippen molar-refractivity contribution in [2.24, 2.45) is 0 Å². The van der Waals surface area contributed by atoms with Crippen molar-refractivity contribution in [3.63, 3.8) is 0 Å². The highest BCUT2D eigenvalue weighted by Gasteiger charge is 2.35. The highest BCUT2D eigenvalue weighted by Crippen LogP contribution is 2.32. The molecule has 1 aromatic heterocycles. The molecule has 0 saturated carbocycles. The van der Waals surface area contributed by atoms with Crippen molar-refractivity contribution in [2.75, 3.05) is 25.0 Å². The number of carbonyl (C=O) groups excluding carboxylic acids is 1. The van der Waals surface area contributed by atoms with Crippen LogP contribution in [0.25, 0.3) is 22.0 Å². The first kappa shape index (κ1) is 26.6. The lowest BCUT2D eigenvalue weighted by atomic mass is 9.99. The third-order valence-corrected chi connectivity index (χ3v) is 8.49. The predicted molar refractivity (Wildman–Crippen MR) is 161 cm³/mol. The molecule has 1 amide bonds. The van der Waals surface area contributed by atoms with E-state index in [0.717, 1.165) is 60.1 Å². The van der Waals surface area contributed by atoms with E-state index in [1.165, 1.54) is 12.8 Å². The highest BCUT2D eigenvalue weighted by molar-refractivity contribution is 6.35. The Balaban J connectivity index is 1.39. The molecule has 3 aromatic carbocycles. The number of anilines is 1. The Kier molecular flexibility index (Phi) is 7.62. The number of fused-ring (bicyclic) bond motifs is 1. The summed E-state index contributed by atoms with van der Waals surface area (Å²) >= 11 is 12.5. The Bertz CT molecular complexity index is 1610. The zero-order valence-electron chi connectivity index (χ0n) is 22.0. The summed E-state index contributed by atoms with van der Waals surface area (Å²) < 4.78 is 0. The summed E-state index contributed by atoms with van der Waals surface area (Å²) in [6, 6.07) is 23.0. The summed E-state index contributed by atoms with van der Waals surface area (Å²) in [7, 11) is 0. The van der Waals surface area contributed by atoms with E-state index < -0.39 is 0 Å². The third-order valence-electron chi connectivity index (χ3n) is 7.91. The van der Waals surface area contributed by atoms with E-state index in [4.69, 9.17) is 28.2 Å². The van der Waals surface area contributed by atoms with Gasteiger partial charge in [-0.2, -0.15) is 5.26 Å². The molecule has 1 unspecified atom stereocenters. The van der Waals surface area contributed by atoms with Gasteiger partial charge in [0.05, 0.1) is 28.9 Å². The van der Waals surface area contributed by atoms with Crippen LogP contribution >= 0.6 is 23.2 Å². The number of rotatable bonds is 6. The second kappa shape index (κ2) is 11.5. The van der Waals surface area contributed by atoms with E-state index in [-0.39, 0.29) is 12.1 Å². The molecule has 6 nitrogen and oxygen atoms in total. The molecule has 3 heterocycles. The first-order valence-corrected chi connectivity index (χ1v) is 14.4. The van der Waals surface area contributed by atoms with Crippen LogP contribution in [-0.4, -0.2) is 46.5 Å². The summed E-state index contributed by atoms with van der Waals surface area (Å²) in [4.78, 5) is 23.6. The van der Waals surface area contributed by atoms with Gasteiger partial charge in [-0.3, -0.25) is 9.69 Å². The maximum Gasteiger partial charge on any atom is 0.255 e. The van der Waals surface area contributed by atoms with Crippen molar-refractivity contribution >= 4 is 45.8 Å². The molecule has 8 heteroatoms. The lowest BCUT2D eigenvalue weighted by molar-refractivity contribution is 0.0533. The predicted octanol–water partition coefficient (Wildman–Crippen LogP) is 7.35. The first-order chi connectivity index (χ1) is 19.5. The van der Waals surface area contributed by atoms with Crippen LogP contribution in [0.4, 0.5) is 5.82 Å². The van der Waals surface area contributed by atoms with E-state index in [1.54, 1.807) is 6.07 Å². The maximum absolute atomic E-state index is 14.2. The van der Waals surface area contributed by atoms with Gasteiger partial charge >= 0.3 is 0 Å². The number of hydrogen-bond donors (Lipinski definition) is 1. The van der Waals surface area contributed by atoms with Crippen molar-refractivity contribution in [2.45, 2.75) is 38.4 Å². The molecule has 0 bridgehead atoms. The molecule has 4 aromatic rings. The quantitative estimate of drug-likeness (QED) is 0.263. The molecule has 2 saturated heterocycles. The van der Waals surface area contributed by atoms with E-state index in [0.29, 0.717) is 33.5 Å². The third kappa shape index (κ3) is 5.38. The number of pyridine rings is 1. The maximum atomic E-state index is 14.2. The second-order valence-electron chi connectivity index (χ2n) is 10.4. The Labute approximate surface area is 244 Å². The topological polar surface area (TPSA) is 72.3 Å². The molecule has 1 N–H and O–H groups in total. The van der Waals surface area contributed by atoms with E-state index in [1.807, 2.05) is 65.6 Å². The number of nitriles is 1. The van der Waals surface area contributed by atoms with Gasteiger partial charge in [0, 0.05) is 41.6 Å². The number of likely N-dealkylation sites (tertiary alicyclic amines) is 2. The fourth-order valence-corrected chi connectivity index (χ4v) is 6.30. The van der Waals surface area contributed by atoms with Gasteiger partial charge in [0.15, 0.2) is 0 Å². The number of halogens is 2. The van der Waals surface area contributed by atoms with Crippen molar-refractivity contribution in [3.8, 4) is 17.2 Å². The fraction of sp³-hybridized carbons (Fsp3) is 0.281. The molecular weight excluding hydrogens is 541 g/mol. The average molecular weight is 571 g/mol. The van der Waals surface area contributed by atoms with Crippen molar-refractivity contribution < 1.29 is 4.79 Å². The van der Waals surface area contributed by atoms with E-state index in [9.17, 15) is 10.1 Å². The lowest BCUT2D eigenvalue weighted by Crippen LogP contribution is -2.46. The number of benzene rings is 3. The molecule has 0 spiro atoms. The summed E-state index contributed by atoms with van der Waals surface area (Å²) in [6.45, 7) is 3.29. The molecule has 2 aliphatic rings. The SMILES string of the molecule is N#Cc1ccc(-c2ccc3nc(NCc4ccc(Cl)cc4Cl)cc(C(=O)N4CCCC4N4CCCC4)c3c2)cc1. The summed E-state index contributed by atoms with van der Waals surface area (Å²) in [6.07, 6.45) is 4.53. The average Bonchev–Trinajstić information content (AvgIpc) is 3.68. The van der Waals surface area contributed by atoms with Gasteiger partial charge in [-0.05, 0) is 84.8 Å². The number of amides is 1. The van der Waals surface area contributed by atoms with Crippen LogP contribution in [0.1, 0.15) is 47.2 Å². The second-order valence-corrected chi connectivity index (χ2v) is 11.3. The molecule has 2 fully saturated rings. The minimum Gasteiger partial charge on any atom is -0.366 e. The molecule has 1 atom stereocenters. The number of aromatic nitrogens is 1. The Morgan fingerprint density at radius 2 is 1.73 bits per heavy atom. The van der Waals surface area contributed by atoms with Crippen LogP contribution in [-0.2, 0) is 6.54 Å². The van der Waals surface area contributed by atoms with Gasteiger partial charge < -0.3 is 10.2 Å². The van der Waals surface area contributed by atoms with Gasteiger partial charge in [-0.1, -0.05) is 47.5 Å². The molecular formula is C32H29Cl2N5O. The largest absolute Gasteiger partial charge is 0.366 e. The Morgan fingerprint density at radius 1 is 0.950 bits per heavy atom. The Hall–Kier alpha value is -3.63. The van der Waals surface area contributed by atoms with Crippen LogP contribution in [0, 0.1) is 11.3 Å². The molecule has 2 aliphatic heterocycles. The zero-order chi connectivity index (χ0) is 27.6. The summed E-state index contributed by atoms with van der Waals surface area (Å²) in [5.74, 6) is 0.649. The van der Waals surface area contributed by atoms with E-state index in [2.05, 4.69) is 16.3 Å². The minimum absolute atomic E-state index is 0.0337. The van der Waals surface area contributed by atoms with Gasteiger partial charge in [0.1, 0.15) is 5.82 Å². The van der Waals surface area contributed by atoms with Crippen molar-refractivity contribution in [1.82, 2.24) is 14.8 Å². The lowest BCUT2D eigenvalue weighted by Gasteiger charge is -2.32. The number of carbonyl (C=O) groups is 1. The molecule has 202 valence electrons. The number of nitrogens with zero attached hydrogens (tertiary/aromatic N) is 4. The normalized spacial score (nSPS) is 17.3. The number of nitrogens with one attached hydrogen (secondary N) is 1.